The molecule has 0 atom stereocenters. The van der Waals surface area contributed by atoms with Gasteiger partial charge in [0.05, 0.1) is 46.2 Å². The van der Waals surface area contributed by atoms with Crippen LogP contribution in [0.25, 0.3) is 0 Å². The second-order valence-electron chi connectivity index (χ2n) is 10.6. The molecule has 0 aliphatic heterocycles. The molecule has 7 heteroatoms. The SMILES string of the molecule is CCCCCCOCCOCCO.CCCCCCOCCOCCOc1ccc(C)c(C)c1.Cc1ccc(I)cc1C. The number of hydrogen-bond donors (Lipinski definition) is 1. The van der Waals surface area contributed by atoms with E-state index < -0.39 is 0 Å². The first-order valence-electron chi connectivity index (χ1n) is 16.2. The number of ether oxygens (including phenoxy) is 5. The predicted octanol–water partition coefficient (Wildman–Crippen LogP) is 8.80. The molecule has 0 fully saturated rings. The van der Waals surface area contributed by atoms with Crippen LogP contribution < -0.4 is 4.74 Å². The fraction of sp³-hybridized carbons (Fsp3) is 0.667. The molecule has 6 nitrogen and oxygen atoms in total. The highest BCUT2D eigenvalue weighted by Crippen LogP contribution is 2.16. The predicted molar refractivity (Wildman–Crippen MR) is 189 cm³/mol. The highest BCUT2D eigenvalue weighted by atomic mass is 127. The number of aliphatic hydroxyl groups excluding tert-OH is 1. The van der Waals surface area contributed by atoms with Crippen molar-refractivity contribution in [3.8, 4) is 5.75 Å². The fourth-order valence-electron chi connectivity index (χ4n) is 3.70. The Hall–Kier alpha value is -1.23. The van der Waals surface area contributed by atoms with Gasteiger partial charge in [0.1, 0.15) is 12.4 Å². The highest BCUT2D eigenvalue weighted by molar-refractivity contribution is 14.1. The van der Waals surface area contributed by atoms with E-state index >= 15 is 0 Å². The Morgan fingerprint density at radius 3 is 1.44 bits per heavy atom. The molecule has 0 saturated heterocycles. The standard InChI is InChI=1S/C18H30O3.C10H22O3.C8H9I/c1-4-5-6-7-10-19-11-12-20-13-14-21-18-9-8-16(2)17(3)15-18;1-2-3-4-5-7-12-9-10-13-8-6-11;1-6-3-4-8(9)5-7(6)2/h8-9,15H,4-7,10-14H2,1-3H3;11H,2-10H2,1H3;3-5H,1-2H3. The highest BCUT2D eigenvalue weighted by Gasteiger charge is 1.98. The Morgan fingerprint density at radius 1 is 0.512 bits per heavy atom. The van der Waals surface area contributed by atoms with Gasteiger partial charge >= 0.3 is 0 Å². The van der Waals surface area contributed by atoms with Crippen molar-refractivity contribution in [2.45, 2.75) is 92.9 Å². The summed E-state index contributed by atoms with van der Waals surface area (Å²) in [7, 11) is 0. The largest absolute Gasteiger partial charge is 0.491 e. The van der Waals surface area contributed by atoms with Gasteiger partial charge in [-0.2, -0.15) is 0 Å². The van der Waals surface area contributed by atoms with Crippen LogP contribution >= 0.6 is 22.6 Å². The monoisotopic (exact) mass is 716 g/mol. The van der Waals surface area contributed by atoms with E-state index in [0.717, 1.165) is 31.8 Å². The van der Waals surface area contributed by atoms with Crippen LogP contribution in [-0.2, 0) is 18.9 Å². The van der Waals surface area contributed by atoms with Crippen molar-refractivity contribution in [2.24, 2.45) is 0 Å². The van der Waals surface area contributed by atoms with Crippen LogP contribution in [-0.4, -0.2) is 71.2 Å². The van der Waals surface area contributed by atoms with Crippen molar-refractivity contribution < 1.29 is 28.8 Å². The first-order chi connectivity index (χ1) is 20.8. The van der Waals surface area contributed by atoms with Gasteiger partial charge in [0.2, 0.25) is 0 Å². The Morgan fingerprint density at radius 2 is 0.977 bits per heavy atom. The lowest BCUT2D eigenvalue weighted by Gasteiger charge is -2.09. The van der Waals surface area contributed by atoms with E-state index in [1.54, 1.807) is 0 Å². The van der Waals surface area contributed by atoms with Crippen LogP contribution in [0.3, 0.4) is 0 Å². The smallest absolute Gasteiger partial charge is 0.119 e. The number of aryl methyl sites for hydroxylation is 4. The van der Waals surface area contributed by atoms with Gasteiger partial charge in [-0.1, -0.05) is 64.5 Å². The minimum Gasteiger partial charge on any atom is -0.491 e. The van der Waals surface area contributed by atoms with Crippen molar-refractivity contribution in [2.75, 3.05) is 66.1 Å². The Balaban J connectivity index is 0.000000680. The van der Waals surface area contributed by atoms with Crippen molar-refractivity contribution in [1.82, 2.24) is 0 Å². The van der Waals surface area contributed by atoms with Gasteiger partial charge in [-0.3, -0.25) is 0 Å². The Labute approximate surface area is 277 Å². The van der Waals surface area contributed by atoms with E-state index in [-0.39, 0.29) is 6.61 Å². The topological polar surface area (TPSA) is 66.4 Å². The van der Waals surface area contributed by atoms with Gasteiger partial charge in [0.15, 0.2) is 0 Å². The summed E-state index contributed by atoms with van der Waals surface area (Å²) in [4.78, 5) is 0. The minimum atomic E-state index is 0.0938. The van der Waals surface area contributed by atoms with Gasteiger partial charge < -0.3 is 28.8 Å². The van der Waals surface area contributed by atoms with E-state index in [1.165, 1.54) is 64.3 Å². The first kappa shape index (κ1) is 41.8. The summed E-state index contributed by atoms with van der Waals surface area (Å²) in [5.74, 6) is 0.911. The zero-order valence-corrected chi connectivity index (χ0v) is 30.2. The lowest BCUT2D eigenvalue weighted by atomic mass is 10.1. The summed E-state index contributed by atoms with van der Waals surface area (Å²) in [6, 6.07) is 12.6. The number of hydrogen-bond acceptors (Lipinski definition) is 6. The molecule has 2 aromatic rings. The number of aliphatic hydroxyl groups is 1. The molecule has 0 bridgehead atoms. The Kier molecular flexibility index (Phi) is 29.9. The van der Waals surface area contributed by atoms with Crippen LogP contribution in [0, 0.1) is 31.3 Å². The van der Waals surface area contributed by atoms with Crippen LogP contribution in [0.2, 0.25) is 0 Å². The van der Waals surface area contributed by atoms with Gasteiger partial charge in [0.25, 0.3) is 0 Å². The van der Waals surface area contributed by atoms with Crippen molar-refractivity contribution in [3.05, 3.63) is 62.2 Å². The maximum Gasteiger partial charge on any atom is 0.119 e. The zero-order valence-electron chi connectivity index (χ0n) is 28.1. The van der Waals surface area contributed by atoms with Gasteiger partial charge in [-0.25, -0.2) is 0 Å². The van der Waals surface area contributed by atoms with E-state index in [0.29, 0.717) is 46.2 Å². The number of benzene rings is 2. The van der Waals surface area contributed by atoms with Crippen LogP contribution in [0.4, 0.5) is 0 Å². The molecule has 0 heterocycles. The van der Waals surface area contributed by atoms with Crippen molar-refractivity contribution >= 4 is 22.6 Å². The average molecular weight is 717 g/mol. The zero-order chi connectivity index (χ0) is 32.0. The maximum atomic E-state index is 8.40. The quantitative estimate of drug-likeness (QED) is 0.0971. The summed E-state index contributed by atoms with van der Waals surface area (Å²) in [6.45, 7) is 18.8. The van der Waals surface area contributed by atoms with Gasteiger partial charge in [0, 0.05) is 16.8 Å². The average Bonchev–Trinajstić information content (AvgIpc) is 2.99. The molecule has 2 aromatic carbocycles. The maximum absolute atomic E-state index is 8.40. The molecule has 1 N–H and O–H groups in total. The molecule has 0 unspecified atom stereocenters. The van der Waals surface area contributed by atoms with E-state index in [2.05, 4.69) is 94.5 Å². The summed E-state index contributed by atoms with van der Waals surface area (Å²) in [5.41, 5.74) is 5.29. The molecule has 0 radical (unpaired) electrons. The summed E-state index contributed by atoms with van der Waals surface area (Å²) in [6.07, 6.45) is 9.95. The molecule has 0 aromatic heterocycles. The summed E-state index contributed by atoms with van der Waals surface area (Å²) >= 11 is 2.32. The molecule has 0 spiro atoms. The van der Waals surface area contributed by atoms with E-state index in [4.69, 9.17) is 28.8 Å². The molecule has 0 saturated carbocycles. The third-order valence-corrected chi connectivity index (χ3v) is 7.38. The molecular weight excluding hydrogens is 655 g/mol. The molecule has 248 valence electrons. The van der Waals surface area contributed by atoms with Crippen LogP contribution in [0.15, 0.2) is 36.4 Å². The Bertz CT molecular complexity index is 882. The van der Waals surface area contributed by atoms with Gasteiger partial charge in [-0.15, -0.1) is 0 Å². The van der Waals surface area contributed by atoms with Crippen molar-refractivity contribution in [1.29, 1.82) is 0 Å². The van der Waals surface area contributed by atoms with E-state index in [9.17, 15) is 0 Å². The number of rotatable bonds is 22. The lowest BCUT2D eigenvalue weighted by molar-refractivity contribution is 0.0321. The second kappa shape index (κ2) is 30.8. The molecule has 0 aliphatic carbocycles. The van der Waals surface area contributed by atoms with Crippen LogP contribution in [0.1, 0.15) is 87.5 Å². The molecule has 0 amide bonds. The third-order valence-electron chi connectivity index (χ3n) is 6.71. The lowest BCUT2D eigenvalue weighted by Crippen LogP contribution is -2.11. The molecule has 43 heavy (non-hydrogen) atoms. The first-order valence-corrected chi connectivity index (χ1v) is 17.3. The van der Waals surface area contributed by atoms with Gasteiger partial charge in [-0.05, 0) is 110 Å². The molecule has 0 aliphatic rings. The number of halogens is 1. The molecule has 2 rings (SSSR count). The summed E-state index contributed by atoms with van der Waals surface area (Å²) < 4.78 is 28.3. The molecular formula is C36H61IO6. The number of unbranched alkanes of at least 4 members (excludes halogenated alkanes) is 6. The minimum absolute atomic E-state index is 0.0938. The fourth-order valence-corrected chi connectivity index (χ4v) is 4.34. The second-order valence-corrected chi connectivity index (χ2v) is 11.9. The van der Waals surface area contributed by atoms with Crippen LogP contribution in [0.5, 0.6) is 5.75 Å². The normalized spacial score (nSPS) is 10.5. The third kappa shape index (κ3) is 26.9. The summed E-state index contributed by atoms with van der Waals surface area (Å²) in [5, 5.41) is 8.40. The van der Waals surface area contributed by atoms with Crippen molar-refractivity contribution in [3.63, 3.8) is 0 Å². The van der Waals surface area contributed by atoms with E-state index in [1.807, 2.05) is 6.07 Å².